The third-order valence-corrected chi connectivity index (χ3v) is 5.30. The molecule has 0 radical (unpaired) electrons. The molecule has 1 N–H and O–H groups in total. The van der Waals surface area contributed by atoms with Crippen LogP contribution >= 0.6 is 11.6 Å². The first-order valence-electron chi connectivity index (χ1n) is 8.61. The summed E-state index contributed by atoms with van der Waals surface area (Å²) in [5.41, 5.74) is 1.18. The lowest BCUT2D eigenvalue weighted by Crippen LogP contribution is -2.51. The van der Waals surface area contributed by atoms with E-state index >= 15 is 0 Å². The van der Waals surface area contributed by atoms with Crippen LogP contribution in [-0.4, -0.2) is 55.0 Å². The SMILES string of the molecule is CC1CCN(C(=O)CN2CCNCC2c2cccc(Cl)c2)CC1. The van der Waals surface area contributed by atoms with Crippen LogP contribution in [0.1, 0.15) is 31.4 Å². The minimum Gasteiger partial charge on any atom is -0.342 e. The van der Waals surface area contributed by atoms with Crippen LogP contribution in [0.2, 0.25) is 5.02 Å². The fourth-order valence-corrected chi connectivity index (χ4v) is 3.71. The number of carbonyl (C=O) groups excluding carboxylic acids is 1. The molecule has 0 aromatic heterocycles. The van der Waals surface area contributed by atoms with Gasteiger partial charge in [0.05, 0.1) is 6.54 Å². The number of likely N-dealkylation sites (tertiary alicyclic amines) is 1. The van der Waals surface area contributed by atoms with Crippen molar-refractivity contribution in [2.24, 2.45) is 5.92 Å². The number of hydrogen-bond donors (Lipinski definition) is 1. The Morgan fingerprint density at radius 2 is 2.09 bits per heavy atom. The van der Waals surface area contributed by atoms with Gasteiger partial charge in [0.15, 0.2) is 0 Å². The van der Waals surface area contributed by atoms with E-state index in [0.717, 1.165) is 56.5 Å². The molecule has 1 amide bonds. The van der Waals surface area contributed by atoms with Crippen LogP contribution in [0.5, 0.6) is 0 Å². The molecule has 2 aliphatic rings. The van der Waals surface area contributed by atoms with E-state index in [1.54, 1.807) is 0 Å². The average molecular weight is 336 g/mol. The lowest BCUT2D eigenvalue weighted by atomic mass is 9.99. The summed E-state index contributed by atoms with van der Waals surface area (Å²) in [5.74, 6) is 1.02. The fourth-order valence-electron chi connectivity index (χ4n) is 3.51. The number of nitrogens with zero attached hydrogens (tertiary/aromatic N) is 2. The first-order chi connectivity index (χ1) is 11.1. The van der Waals surface area contributed by atoms with Crippen molar-refractivity contribution in [2.75, 3.05) is 39.3 Å². The molecule has 23 heavy (non-hydrogen) atoms. The molecule has 2 aliphatic heterocycles. The zero-order chi connectivity index (χ0) is 16.2. The van der Waals surface area contributed by atoms with Crippen molar-refractivity contribution in [1.82, 2.24) is 15.1 Å². The minimum absolute atomic E-state index is 0.218. The largest absolute Gasteiger partial charge is 0.342 e. The number of halogens is 1. The summed E-state index contributed by atoms with van der Waals surface area (Å²) in [4.78, 5) is 17.0. The number of rotatable bonds is 3. The molecule has 0 saturated carbocycles. The Balaban J connectivity index is 1.66. The predicted molar refractivity (Wildman–Crippen MR) is 93.6 cm³/mol. The van der Waals surface area contributed by atoms with Gasteiger partial charge >= 0.3 is 0 Å². The van der Waals surface area contributed by atoms with Crippen molar-refractivity contribution in [2.45, 2.75) is 25.8 Å². The van der Waals surface area contributed by atoms with Gasteiger partial charge < -0.3 is 10.2 Å². The van der Waals surface area contributed by atoms with Crippen molar-refractivity contribution in [1.29, 1.82) is 0 Å². The van der Waals surface area contributed by atoms with Gasteiger partial charge in [0.1, 0.15) is 0 Å². The van der Waals surface area contributed by atoms with E-state index in [0.29, 0.717) is 6.54 Å². The van der Waals surface area contributed by atoms with Crippen LogP contribution in [0, 0.1) is 5.92 Å². The zero-order valence-electron chi connectivity index (χ0n) is 13.8. The van der Waals surface area contributed by atoms with Gasteiger partial charge in [-0.05, 0) is 36.5 Å². The van der Waals surface area contributed by atoms with Crippen molar-refractivity contribution < 1.29 is 4.79 Å². The first kappa shape index (κ1) is 16.7. The normalized spacial score (nSPS) is 23.9. The Labute approximate surface area is 143 Å². The molecule has 1 aromatic carbocycles. The number of piperidine rings is 1. The third kappa shape index (κ3) is 4.25. The molecule has 2 saturated heterocycles. The number of piperazine rings is 1. The Morgan fingerprint density at radius 3 is 2.83 bits per heavy atom. The van der Waals surface area contributed by atoms with Gasteiger partial charge in [-0.15, -0.1) is 0 Å². The lowest BCUT2D eigenvalue weighted by Gasteiger charge is -2.38. The van der Waals surface area contributed by atoms with Crippen LogP contribution in [0.25, 0.3) is 0 Å². The molecule has 1 atom stereocenters. The molecular formula is C18H26ClN3O. The number of hydrogen-bond acceptors (Lipinski definition) is 3. The minimum atomic E-state index is 0.218. The molecule has 0 aliphatic carbocycles. The molecule has 0 spiro atoms. The highest BCUT2D eigenvalue weighted by atomic mass is 35.5. The maximum absolute atomic E-state index is 12.7. The summed E-state index contributed by atoms with van der Waals surface area (Å²) in [7, 11) is 0. The highest BCUT2D eigenvalue weighted by Crippen LogP contribution is 2.25. The zero-order valence-corrected chi connectivity index (χ0v) is 14.6. The van der Waals surface area contributed by atoms with E-state index in [4.69, 9.17) is 11.6 Å². The molecule has 1 unspecified atom stereocenters. The van der Waals surface area contributed by atoms with Crippen molar-refractivity contribution in [3.05, 3.63) is 34.9 Å². The van der Waals surface area contributed by atoms with Crippen LogP contribution in [0.15, 0.2) is 24.3 Å². The molecular weight excluding hydrogens is 310 g/mol. The van der Waals surface area contributed by atoms with Crippen molar-refractivity contribution in [3.8, 4) is 0 Å². The maximum atomic E-state index is 12.7. The standard InChI is InChI=1S/C18H26ClN3O/c1-14-5-8-21(9-6-14)18(23)13-22-10-7-20-12-17(22)15-3-2-4-16(19)11-15/h2-4,11,14,17,20H,5-10,12-13H2,1H3. The number of carbonyl (C=O) groups is 1. The molecule has 1 aromatic rings. The number of amides is 1. The van der Waals surface area contributed by atoms with Crippen LogP contribution in [0.4, 0.5) is 0 Å². The third-order valence-electron chi connectivity index (χ3n) is 5.06. The summed E-state index contributed by atoms with van der Waals surface area (Å²) in [6, 6.07) is 8.21. The van der Waals surface area contributed by atoms with E-state index in [1.165, 1.54) is 5.56 Å². The second-order valence-corrected chi connectivity index (χ2v) is 7.25. The summed E-state index contributed by atoms with van der Waals surface area (Å²) in [5, 5.41) is 4.19. The summed E-state index contributed by atoms with van der Waals surface area (Å²) >= 11 is 6.14. The summed E-state index contributed by atoms with van der Waals surface area (Å²) < 4.78 is 0. The van der Waals surface area contributed by atoms with Gasteiger partial charge in [0.2, 0.25) is 5.91 Å². The van der Waals surface area contributed by atoms with Gasteiger partial charge in [-0.25, -0.2) is 0 Å². The topological polar surface area (TPSA) is 35.6 Å². The molecule has 5 heteroatoms. The molecule has 3 rings (SSSR count). The smallest absolute Gasteiger partial charge is 0.236 e. The highest BCUT2D eigenvalue weighted by molar-refractivity contribution is 6.30. The Bertz CT molecular complexity index is 543. The highest BCUT2D eigenvalue weighted by Gasteiger charge is 2.28. The quantitative estimate of drug-likeness (QED) is 0.922. The van der Waals surface area contributed by atoms with Gasteiger partial charge in [-0.2, -0.15) is 0 Å². The fraction of sp³-hybridized carbons (Fsp3) is 0.611. The Kier molecular flexibility index (Phi) is 5.57. The van der Waals surface area contributed by atoms with E-state index in [9.17, 15) is 4.79 Å². The average Bonchev–Trinajstić information content (AvgIpc) is 2.56. The lowest BCUT2D eigenvalue weighted by molar-refractivity contribution is -0.134. The van der Waals surface area contributed by atoms with Crippen LogP contribution in [0.3, 0.4) is 0 Å². The van der Waals surface area contributed by atoms with Crippen LogP contribution < -0.4 is 5.32 Å². The summed E-state index contributed by atoms with van der Waals surface area (Å²) in [6.45, 7) is 7.29. The van der Waals surface area contributed by atoms with Gasteiger partial charge in [-0.1, -0.05) is 30.7 Å². The molecule has 2 fully saturated rings. The van der Waals surface area contributed by atoms with Crippen LogP contribution in [-0.2, 0) is 4.79 Å². The Morgan fingerprint density at radius 1 is 1.30 bits per heavy atom. The van der Waals surface area contributed by atoms with Gasteiger partial charge in [-0.3, -0.25) is 9.69 Å². The molecule has 0 bridgehead atoms. The van der Waals surface area contributed by atoms with Crippen molar-refractivity contribution >= 4 is 17.5 Å². The van der Waals surface area contributed by atoms with E-state index in [1.807, 2.05) is 23.1 Å². The maximum Gasteiger partial charge on any atom is 0.236 e. The second-order valence-electron chi connectivity index (χ2n) is 6.81. The number of nitrogens with one attached hydrogen (secondary N) is 1. The van der Waals surface area contributed by atoms with E-state index in [2.05, 4.69) is 23.2 Å². The predicted octanol–water partition coefficient (Wildman–Crippen LogP) is 2.54. The van der Waals surface area contributed by atoms with E-state index < -0.39 is 0 Å². The first-order valence-corrected chi connectivity index (χ1v) is 8.99. The Hall–Kier alpha value is -1.10. The van der Waals surface area contributed by atoms with E-state index in [-0.39, 0.29) is 11.9 Å². The van der Waals surface area contributed by atoms with Gasteiger partial charge in [0, 0.05) is 43.8 Å². The van der Waals surface area contributed by atoms with Gasteiger partial charge in [0.25, 0.3) is 0 Å². The second kappa shape index (κ2) is 7.65. The molecule has 126 valence electrons. The van der Waals surface area contributed by atoms with Crippen molar-refractivity contribution in [3.63, 3.8) is 0 Å². The molecule has 2 heterocycles. The summed E-state index contributed by atoms with van der Waals surface area (Å²) in [6.07, 6.45) is 2.26. The monoisotopic (exact) mass is 335 g/mol. The molecule has 4 nitrogen and oxygen atoms in total. The number of benzene rings is 1.